The Morgan fingerprint density at radius 3 is 2.50 bits per heavy atom. The second-order valence-electron chi connectivity index (χ2n) is 10.3. The second kappa shape index (κ2) is 11.5. The van der Waals surface area contributed by atoms with E-state index in [0.29, 0.717) is 24.3 Å². The summed E-state index contributed by atoms with van der Waals surface area (Å²) in [6, 6.07) is 10.2. The Kier molecular flexibility index (Phi) is 8.49. The van der Waals surface area contributed by atoms with E-state index in [2.05, 4.69) is 20.9 Å². The summed E-state index contributed by atoms with van der Waals surface area (Å²) in [5.74, 6) is -0.631. The zero-order chi connectivity index (χ0) is 27.6. The van der Waals surface area contributed by atoms with Gasteiger partial charge in [0.1, 0.15) is 11.6 Å². The number of anilines is 1. The Bertz CT molecular complexity index is 1390. The number of rotatable bonds is 9. The zero-order valence-electron chi connectivity index (χ0n) is 21.1. The van der Waals surface area contributed by atoms with Gasteiger partial charge in [-0.15, -0.1) is 0 Å². The van der Waals surface area contributed by atoms with Crippen LogP contribution in [0.25, 0.3) is 11.0 Å². The number of fused-ring (bicyclic) bond motifs is 1. The summed E-state index contributed by atoms with van der Waals surface area (Å²) in [6.45, 7) is 1.36. The predicted octanol–water partition coefficient (Wildman–Crippen LogP) is 6.61. The minimum Gasteiger partial charge on any atom is -0.397 e. The Morgan fingerprint density at radius 1 is 1.16 bits per heavy atom. The predicted molar refractivity (Wildman–Crippen MR) is 144 cm³/mol. The fourth-order valence-corrected chi connectivity index (χ4v) is 6.05. The van der Waals surface area contributed by atoms with Gasteiger partial charge in [-0.3, -0.25) is 14.2 Å². The van der Waals surface area contributed by atoms with E-state index in [-0.39, 0.29) is 40.6 Å². The van der Waals surface area contributed by atoms with Crippen LogP contribution in [0.1, 0.15) is 69.0 Å². The molecule has 1 aromatic heterocycles. The number of nitrogens with zero attached hydrogens (tertiary/aromatic N) is 1. The van der Waals surface area contributed by atoms with E-state index >= 15 is 0 Å². The molecule has 0 unspecified atom stereocenters. The topological polar surface area (TPSA) is 98.0 Å². The SMILES string of the molecule is CC(=O)[C@H](CC(=O)CCC1CCC(n2c(=O)[nH]c3ccccc32)CC1)Cc1cc(Br)c(N)c(C(F)(F)F)c1. The molecule has 38 heavy (non-hydrogen) atoms. The summed E-state index contributed by atoms with van der Waals surface area (Å²) >= 11 is 3.07. The van der Waals surface area contributed by atoms with Crippen molar-refractivity contribution >= 4 is 44.2 Å². The summed E-state index contributed by atoms with van der Waals surface area (Å²) in [6.07, 6.45) is -0.0543. The lowest BCUT2D eigenvalue weighted by molar-refractivity contribution is -0.137. The summed E-state index contributed by atoms with van der Waals surface area (Å²) < 4.78 is 42.0. The first-order chi connectivity index (χ1) is 17.9. The first kappa shape index (κ1) is 28.1. The largest absolute Gasteiger partial charge is 0.418 e. The molecule has 3 N–H and O–H groups in total. The lowest BCUT2D eigenvalue weighted by Gasteiger charge is -2.29. The molecule has 0 saturated heterocycles. The molecule has 4 rings (SSSR count). The van der Waals surface area contributed by atoms with Crippen molar-refractivity contribution in [2.24, 2.45) is 11.8 Å². The third-order valence-electron chi connectivity index (χ3n) is 7.66. The van der Waals surface area contributed by atoms with Crippen molar-refractivity contribution in [3.8, 4) is 0 Å². The second-order valence-corrected chi connectivity index (χ2v) is 11.2. The highest BCUT2D eigenvalue weighted by Crippen LogP contribution is 2.39. The van der Waals surface area contributed by atoms with Crippen LogP contribution in [0, 0.1) is 11.8 Å². The molecule has 1 heterocycles. The number of H-pyrrole nitrogens is 1. The molecule has 0 bridgehead atoms. The smallest absolute Gasteiger partial charge is 0.397 e. The lowest BCUT2D eigenvalue weighted by Crippen LogP contribution is -2.26. The molecule has 6 nitrogen and oxygen atoms in total. The lowest BCUT2D eigenvalue weighted by atomic mass is 9.82. The minimum absolute atomic E-state index is 0.00123. The number of carbonyl (C=O) groups excluding carboxylic acids is 2. The number of nitrogens with two attached hydrogens (primary N) is 1. The van der Waals surface area contributed by atoms with Gasteiger partial charge in [-0.05, 0) is 97.1 Å². The maximum atomic E-state index is 13.3. The van der Waals surface area contributed by atoms with Crippen LogP contribution >= 0.6 is 15.9 Å². The van der Waals surface area contributed by atoms with E-state index in [0.717, 1.165) is 42.8 Å². The first-order valence-electron chi connectivity index (χ1n) is 12.8. The number of ketones is 2. The van der Waals surface area contributed by atoms with Crippen molar-refractivity contribution in [3.05, 3.63) is 62.5 Å². The number of halogens is 4. The van der Waals surface area contributed by atoms with Crippen LogP contribution in [0.3, 0.4) is 0 Å². The van der Waals surface area contributed by atoms with Gasteiger partial charge in [-0.2, -0.15) is 13.2 Å². The molecule has 3 aromatic rings. The molecule has 2 aromatic carbocycles. The summed E-state index contributed by atoms with van der Waals surface area (Å²) in [4.78, 5) is 40.4. The molecular formula is C28H31BrF3N3O3. The van der Waals surface area contributed by atoms with Crippen molar-refractivity contribution in [1.82, 2.24) is 9.55 Å². The van der Waals surface area contributed by atoms with Gasteiger partial charge in [0.25, 0.3) is 0 Å². The van der Waals surface area contributed by atoms with E-state index in [9.17, 15) is 27.6 Å². The quantitative estimate of drug-likeness (QED) is 0.273. The minimum atomic E-state index is -4.62. The van der Waals surface area contributed by atoms with Crippen LogP contribution in [0.15, 0.2) is 45.7 Å². The van der Waals surface area contributed by atoms with Gasteiger partial charge in [0, 0.05) is 29.3 Å². The van der Waals surface area contributed by atoms with Gasteiger partial charge in [0.15, 0.2) is 0 Å². The van der Waals surface area contributed by atoms with Crippen LogP contribution in [0.4, 0.5) is 18.9 Å². The van der Waals surface area contributed by atoms with Gasteiger partial charge in [0.2, 0.25) is 0 Å². The summed E-state index contributed by atoms with van der Waals surface area (Å²) in [5, 5.41) is 0. The van der Waals surface area contributed by atoms with E-state index in [1.165, 1.54) is 13.0 Å². The molecule has 1 atom stereocenters. The molecular weight excluding hydrogens is 563 g/mol. The number of aromatic nitrogens is 2. The molecule has 1 aliphatic rings. The number of aromatic amines is 1. The normalized spacial score (nSPS) is 19.0. The van der Waals surface area contributed by atoms with Crippen molar-refractivity contribution in [2.45, 2.75) is 70.5 Å². The number of Topliss-reactive ketones (excluding diaryl/α,β-unsaturated/α-hetero) is 2. The number of para-hydroxylation sites is 2. The number of nitrogens with one attached hydrogen (secondary N) is 1. The van der Waals surface area contributed by atoms with E-state index in [1.54, 1.807) is 0 Å². The van der Waals surface area contributed by atoms with Crippen molar-refractivity contribution < 1.29 is 22.8 Å². The highest BCUT2D eigenvalue weighted by atomic mass is 79.9. The molecule has 10 heteroatoms. The van der Waals surface area contributed by atoms with E-state index in [1.807, 2.05) is 28.8 Å². The number of nitrogen functional groups attached to an aromatic ring is 1. The molecule has 0 aliphatic heterocycles. The molecule has 1 aliphatic carbocycles. The van der Waals surface area contributed by atoms with E-state index < -0.39 is 23.3 Å². The van der Waals surface area contributed by atoms with Crippen molar-refractivity contribution in [3.63, 3.8) is 0 Å². The maximum Gasteiger partial charge on any atom is 0.418 e. The van der Waals surface area contributed by atoms with Crippen LogP contribution in [-0.2, 0) is 22.2 Å². The summed E-state index contributed by atoms with van der Waals surface area (Å²) in [7, 11) is 0. The van der Waals surface area contributed by atoms with Gasteiger partial charge in [-0.1, -0.05) is 12.1 Å². The molecule has 0 spiro atoms. The number of carbonyl (C=O) groups is 2. The van der Waals surface area contributed by atoms with Crippen LogP contribution in [-0.4, -0.2) is 21.1 Å². The molecule has 0 radical (unpaired) electrons. The van der Waals surface area contributed by atoms with E-state index in [4.69, 9.17) is 5.73 Å². The molecule has 1 fully saturated rings. The number of imidazole rings is 1. The molecule has 0 amide bonds. The number of hydrogen-bond acceptors (Lipinski definition) is 4. The van der Waals surface area contributed by atoms with Crippen LogP contribution in [0.2, 0.25) is 0 Å². The third kappa shape index (κ3) is 6.39. The number of hydrogen-bond donors (Lipinski definition) is 2. The number of benzene rings is 2. The van der Waals surface area contributed by atoms with Crippen molar-refractivity contribution in [1.29, 1.82) is 0 Å². The average molecular weight is 594 g/mol. The molecule has 1 saturated carbocycles. The highest BCUT2D eigenvalue weighted by Gasteiger charge is 2.34. The van der Waals surface area contributed by atoms with Gasteiger partial charge < -0.3 is 10.7 Å². The van der Waals surface area contributed by atoms with Crippen molar-refractivity contribution in [2.75, 3.05) is 5.73 Å². The Hall–Kier alpha value is -2.88. The molecule has 204 valence electrons. The van der Waals surface area contributed by atoms with Crippen LogP contribution in [0.5, 0.6) is 0 Å². The Labute approximate surface area is 226 Å². The zero-order valence-corrected chi connectivity index (χ0v) is 22.7. The number of alkyl halides is 3. The monoisotopic (exact) mass is 593 g/mol. The Balaban J connectivity index is 1.31. The van der Waals surface area contributed by atoms with Gasteiger partial charge in [-0.25, -0.2) is 4.79 Å². The van der Waals surface area contributed by atoms with Gasteiger partial charge in [0.05, 0.1) is 22.3 Å². The van der Waals surface area contributed by atoms with Crippen LogP contribution < -0.4 is 11.4 Å². The Morgan fingerprint density at radius 2 is 1.84 bits per heavy atom. The van der Waals surface area contributed by atoms with Gasteiger partial charge >= 0.3 is 11.9 Å². The maximum absolute atomic E-state index is 13.3. The first-order valence-corrected chi connectivity index (χ1v) is 13.6. The highest BCUT2D eigenvalue weighted by molar-refractivity contribution is 9.10. The third-order valence-corrected chi connectivity index (χ3v) is 8.32. The fraction of sp³-hybridized carbons (Fsp3) is 0.464. The fourth-order valence-electron chi connectivity index (χ4n) is 5.54. The summed E-state index contributed by atoms with van der Waals surface area (Å²) in [5.41, 5.74) is 6.15. The average Bonchev–Trinajstić information content (AvgIpc) is 3.19. The standard InChI is InChI=1S/C28H31BrF3N3O3/c1-16(36)19(12-18-13-22(28(30,31)32)26(33)23(29)14-18)15-21(37)11-8-17-6-9-20(10-7-17)35-25-5-3-2-4-24(25)34-27(35)38/h2-5,13-14,17,19-20H,6-12,15,33H2,1H3,(H,34,38)/t17?,19-,20?/m0/s1.